The van der Waals surface area contributed by atoms with E-state index in [0.717, 1.165) is 63.3 Å². The van der Waals surface area contributed by atoms with Crippen LogP contribution in [-0.4, -0.2) is 37.0 Å². The van der Waals surface area contributed by atoms with Gasteiger partial charge in [-0.25, -0.2) is 4.98 Å². The van der Waals surface area contributed by atoms with E-state index in [1.165, 1.54) is 27.4 Å². The molecule has 0 saturated heterocycles. The third-order valence-corrected chi connectivity index (χ3v) is 7.37. The normalized spacial score (nSPS) is 21.2. The number of amides is 1. The molecule has 2 aromatic rings. The zero-order valence-electron chi connectivity index (χ0n) is 18.8. The second-order valence-electron chi connectivity index (χ2n) is 8.73. The number of nitrogens with one attached hydrogen (secondary N) is 3. The van der Waals surface area contributed by atoms with Crippen molar-refractivity contribution in [3.63, 3.8) is 0 Å². The van der Waals surface area contributed by atoms with Crippen LogP contribution in [0.2, 0.25) is 0 Å². The van der Waals surface area contributed by atoms with Crippen molar-refractivity contribution in [2.45, 2.75) is 58.3 Å². The second-order valence-corrected chi connectivity index (χ2v) is 9.68. The molecule has 0 bridgehead atoms. The highest BCUT2D eigenvalue weighted by molar-refractivity contribution is 7.09. The Bertz CT molecular complexity index is 959. The Hall–Kier alpha value is -2.41. The highest BCUT2D eigenvalue weighted by Crippen LogP contribution is 2.36. The van der Waals surface area contributed by atoms with Crippen molar-refractivity contribution < 1.29 is 4.79 Å². The van der Waals surface area contributed by atoms with Crippen LogP contribution in [0.15, 0.2) is 22.5 Å². The lowest BCUT2D eigenvalue weighted by molar-refractivity contribution is -0.125. The predicted molar refractivity (Wildman–Crippen MR) is 128 cm³/mol. The summed E-state index contributed by atoms with van der Waals surface area (Å²) < 4.78 is 0. The molecule has 166 valence electrons. The quantitative estimate of drug-likeness (QED) is 0.655. The smallest absolute Gasteiger partial charge is 0.222 e. The first-order valence-electron chi connectivity index (χ1n) is 11.3. The van der Waals surface area contributed by atoms with Crippen LogP contribution in [0.5, 0.6) is 0 Å². The number of hydrogen-bond donors (Lipinski definition) is 3. The van der Waals surface area contributed by atoms with Crippen LogP contribution in [0.4, 0.5) is 5.69 Å². The van der Waals surface area contributed by atoms with E-state index in [2.05, 4.69) is 52.3 Å². The summed E-state index contributed by atoms with van der Waals surface area (Å²) in [7, 11) is 1.73. The van der Waals surface area contributed by atoms with Crippen molar-refractivity contribution in [3.8, 4) is 0 Å². The summed E-state index contributed by atoms with van der Waals surface area (Å²) >= 11 is 1.76. The van der Waals surface area contributed by atoms with E-state index in [9.17, 15) is 4.79 Å². The molecule has 7 heteroatoms. The number of thiazole rings is 1. The summed E-state index contributed by atoms with van der Waals surface area (Å²) in [5.41, 5.74) is 6.14. The van der Waals surface area contributed by atoms with Gasteiger partial charge < -0.3 is 16.0 Å². The number of aryl methyl sites for hydroxylation is 2. The summed E-state index contributed by atoms with van der Waals surface area (Å²) in [5, 5.41) is 13.0. The van der Waals surface area contributed by atoms with Crippen molar-refractivity contribution in [1.29, 1.82) is 0 Å². The van der Waals surface area contributed by atoms with E-state index in [1.807, 2.05) is 0 Å². The summed E-state index contributed by atoms with van der Waals surface area (Å²) in [6, 6.07) is 4.49. The fourth-order valence-corrected chi connectivity index (χ4v) is 5.46. The molecule has 1 aromatic carbocycles. The molecule has 1 aliphatic carbocycles. The van der Waals surface area contributed by atoms with Crippen LogP contribution in [0, 0.1) is 19.8 Å². The van der Waals surface area contributed by atoms with Crippen molar-refractivity contribution in [3.05, 3.63) is 44.9 Å². The van der Waals surface area contributed by atoms with Crippen LogP contribution < -0.4 is 16.0 Å². The zero-order valence-corrected chi connectivity index (χ0v) is 19.6. The predicted octanol–water partition coefficient (Wildman–Crippen LogP) is 4.13. The van der Waals surface area contributed by atoms with Crippen molar-refractivity contribution in [2.75, 3.05) is 25.5 Å². The summed E-state index contributed by atoms with van der Waals surface area (Å²) in [6.45, 7) is 6.17. The van der Waals surface area contributed by atoms with Gasteiger partial charge in [-0.1, -0.05) is 6.07 Å². The number of guanidine groups is 1. The summed E-state index contributed by atoms with van der Waals surface area (Å²) in [4.78, 5) is 21.4. The van der Waals surface area contributed by atoms with Gasteiger partial charge in [-0.3, -0.25) is 9.79 Å². The maximum Gasteiger partial charge on any atom is 0.222 e. The van der Waals surface area contributed by atoms with Crippen LogP contribution in [-0.2, 0) is 11.2 Å². The Morgan fingerprint density at radius 3 is 2.71 bits per heavy atom. The van der Waals surface area contributed by atoms with E-state index in [1.54, 1.807) is 18.4 Å². The number of benzene rings is 1. The topological polar surface area (TPSA) is 78.4 Å². The molecule has 4 rings (SSSR count). The van der Waals surface area contributed by atoms with Gasteiger partial charge in [0, 0.05) is 49.5 Å². The highest BCUT2D eigenvalue weighted by Gasteiger charge is 2.27. The van der Waals surface area contributed by atoms with E-state index in [4.69, 9.17) is 4.98 Å². The molecule has 0 spiro atoms. The van der Waals surface area contributed by atoms with Gasteiger partial charge in [0.2, 0.25) is 5.91 Å². The van der Waals surface area contributed by atoms with Gasteiger partial charge in [-0.2, -0.15) is 0 Å². The molecular formula is C24H33N5OS. The standard InChI is InChI=1S/C24H33N5OS/c1-15-12-20(29-24-26-9-4-10-27-24)16(2)11-19(15)13-22-28-21(14-31-22)17-5-7-18(8-6-17)23(30)25-3/h11-12,14,17-18H,4-10,13H2,1-3H3,(H,25,30)(H2,26,27,29). The first-order chi connectivity index (χ1) is 15.0. The molecule has 1 fully saturated rings. The molecule has 1 amide bonds. The van der Waals surface area contributed by atoms with Gasteiger partial charge in [-0.05, 0) is 68.7 Å². The number of hydrogen-bond acceptors (Lipinski definition) is 6. The molecule has 2 aliphatic rings. The first kappa shape index (κ1) is 21.8. The number of rotatable bonds is 5. The van der Waals surface area contributed by atoms with Crippen LogP contribution in [0.1, 0.15) is 65.4 Å². The maximum atomic E-state index is 11.9. The van der Waals surface area contributed by atoms with Crippen molar-refractivity contribution >= 4 is 28.9 Å². The van der Waals surface area contributed by atoms with Gasteiger partial charge in [0.15, 0.2) is 5.96 Å². The molecule has 0 radical (unpaired) electrons. The van der Waals surface area contributed by atoms with Crippen molar-refractivity contribution in [2.24, 2.45) is 10.9 Å². The van der Waals surface area contributed by atoms with Gasteiger partial charge >= 0.3 is 0 Å². The Balaban J connectivity index is 1.40. The number of nitrogens with zero attached hydrogens (tertiary/aromatic N) is 2. The minimum Gasteiger partial charge on any atom is -0.359 e. The molecule has 0 atom stereocenters. The molecule has 2 heterocycles. The largest absolute Gasteiger partial charge is 0.359 e. The number of aromatic nitrogens is 1. The van der Waals surface area contributed by atoms with Crippen LogP contribution in [0.25, 0.3) is 0 Å². The van der Waals surface area contributed by atoms with Gasteiger partial charge in [-0.15, -0.1) is 11.3 Å². The molecular weight excluding hydrogens is 406 g/mol. The monoisotopic (exact) mass is 439 g/mol. The van der Waals surface area contributed by atoms with E-state index in [-0.39, 0.29) is 11.8 Å². The number of carbonyl (C=O) groups is 1. The number of aliphatic imine (C=N–C) groups is 1. The van der Waals surface area contributed by atoms with Gasteiger partial charge in [0.05, 0.1) is 10.7 Å². The second kappa shape index (κ2) is 9.81. The zero-order chi connectivity index (χ0) is 21.8. The molecule has 1 aliphatic heterocycles. The maximum absolute atomic E-state index is 11.9. The van der Waals surface area contributed by atoms with Crippen LogP contribution in [0.3, 0.4) is 0 Å². The first-order valence-corrected chi connectivity index (χ1v) is 12.2. The van der Waals surface area contributed by atoms with Gasteiger partial charge in [0.25, 0.3) is 0 Å². The number of carbonyl (C=O) groups excluding carboxylic acids is 1. The summed E-state index contributed by atoms with van der Waals surface area (Å²) in [5.74, 6) is 1.72. The minimum atomic E-state index is 0.173. The average molecular weight is 440 g/mol. The molecule has 1 aromatic heterocycles. The molecule has 1 saturated carbocycles. The van der Waals surface area contributed by atoms with Crippen LogP contribution >= 0.6 is 11.3 Å². The van der Waals surface area contributed by atoms with E-state index < -0.39 is 0 Å². The Kier molecular flexibility index (Phi) is 6.90. The van der Waals surface area contributed by atoms with Gasteiger partial charge in [0.1, 0.15) is 0 Å². The fraction of sp³-hybridized carbons (Fsp3) is 0.542. The molecule has 3 N–H and O–H groups in total. The lowest BCUT2D eigenvalue weighted by atomic mass is 9.80. The molecule has 0 unspecified atom stereocenters. The Labute approximate surface area is 189 Å². The lowest BCUT2D eigenvalue weighted by Gasteiger charge is -2.26. The third-order valence-electron chi connectivity index (χ3n) is 6.51. The number of anilines is 1. The Morgan fingerprint density at radius 2 is 2.00 bits per heavy atom. The minimum absolute atomic E-state index is 0.173. The van der Waals surface area contributed by atoms with Crippen molar-refractivity contribution in [1.82, 2.24) is 15.6 Å². The highest BCUT2D eigenvalue weighted by atomic mass is 32.1. The fourth-order valence-electron chi connectivity index (χ4n) is 4.56. The average Bonchev–Trinajstić information content (AvgIpc) is 3.26. The Morgan fingerprint density at radius 1 is 1.19 bits per heavy atom. The molecule has 31 heavy (non-hydrogen) atoms. The van der Waals surface area contributed by atoms with E-state index >= 15 is 0 Å². The summed E-state index contributed by atoms with van der Waals surface area (Å²) in [6.07, 6.45) is 5.99. The lowest BCUT2D eigenvalue weighted by Crippen LogP contribution is -2.35. The molecule has 6 nitrogen and oxygen atoms in total. The van der Waals surface area contributed by atoms with E-state index in [0.29, 0.717) is 5.92 Å². The SMILES string of the molecule is CNC(=O)C1CCC(c2csc(Cc3cc(C)c(NC4=NCCCN4)cc3C)n2)CC1. The third kappa shape index (κ3) is 5.26.